The second kappa shape index (κ2) is 6.56. The van der Waals surface area contributed by atoms with Gasteiger partial charge < -0.3 is 14.1 Å². The summed E-state index contributed by atoms with van der Waals surface area (Å²) < 4.78 is 11.9. The number of aryl methyl sites for hydroxylation is 3. The molecule has 0 fully saturated rings. The molecular weight excluding hydrogens is 374 g/mol. The van der Waals surface area contributed by atoms with Gasteiger partial charge in [0.2, 0.25) is 0 Å². The van der Waals surface area contributed by atoms with Crippen molar-refractivity contribution in [3.05, 3.63) is 67.5 Å². The van der Waals surface area contributed by atoms with Crippen LogP contribution < -0.4 is 15.3 Å². The predicted octanol–water partition coefficient (Wildman–Crippen LogP) is 5.30. The molecule has 5 heteroatoms. The first-order chi connectivity index (χ1) is 13.5. The number of rotatable bonds is 1. The van der Waals surface area contributed by atoms with E-state index in [1.165, 1.54) is 11.1 Å². The standard InChI is InChI=1S/C23H22ClNO3/c1-13-7-8-14(2)20(9-13)25-11-18-21-17(10-19(24)22(18)27-12-25)15-5-3-4-6-16(15)23(26)28-21/h7-10H,3-6,11-12H2,1-2H3. The Kier molecular flexibility index (Phi) is 4.13. The molecule has 0 amide bonds. The Morgan fingerprint density at radius 3 is 2.64 bits per heavy atom. The summed E-state index contributed by atoms with van der Waals surface area (Å²) in [6.07, 6.45) is 3.80. The minimum atomic E-state index is -0.212. The SMILES string of the molecule is Cc1ccc(C)c(N2COc3c(Cl)cc4c5c(c(=O)oc4c3C2)CCCC5)c1. The molecule has 1 aliphatic heterocycles. The van der Waals surface area contributed by atoms with Gasteiger partial charge in [-0.25, -0.2) is 4.79 Å². The zero-order chi connectivity index (χ0) is 19.4. The maximum Gasteiger partial charge on any atom is 0.339 e. The van der Waals surface area contributed by atoms with Gasteiger partial charge in [0.15, 0.2) is 6.73 Å². The molecule has 0 saturated heterocycles. The highest BCUT2D eigenvalue weighted by atomic mass is 35.5. The summed E-state index contributed by atoms with van der Waals surface area (Å²) in [4.78, 5) is 14.8. The molecule has 1 aromatic heterocycles. The van der Waals surface area contributed by atoms with Crippen molar-refractivity contribution in [2.24, 2.45) is 0 Å². The Hall–Kier alpha value is -2.46. The molecule has 5 rings (SSSR count). The van der Waals surface area contributed by atoms with Crippen molar-refractivity contribution >= 4 is 28.3 Å². The Labute approximate surface area is 168 Å². The quantitative estimate of drug-likeness (QED) is 0.524. The summed E-state index contributed by atoms with van der Waals surface area (Å²) in [5.41, 5.74) is 6.70. The molecule has 0 bridgehead atoms. The van der Waals surface area contributed by atoms with Crippen LogP contribution in [0.25, 0.3) is 11.0 Å². The van der Waals surface area contributed by atoms with Gasteiger partial charge in [-0.15, -0.1) is 0 Å². The molecule has 0 radical (unpaired) electrons. The lowest BCUT2D eigenvalue weighted by Crippen LogP contribution is -2.33. The van der Waals surface area contributed by atoms with Crippen molar-refractivity contribution in [3.8, 4) is 5.75 Å². The highest BCUT2D eigenvalue weighted by molar-refractivity contribution is 6.33. The van der Waals surface area contributed by atoms with Crippen molar-refractivity contribution in [1.29, 1.82) is 0 Å². The zero-order valence-corrected chi connectivity index (χ0v) is 16.9. The predicted molar refractivity (Wildman–Crippen MR) is 112 cm³/mol. The molecule has 0 spiro atoms. The van der Waals surface area contributed by atoms with Gasteiger partial charge in [0.05, 0.1) is 17.1 Å². The van der Waals surface area contributed by atoms with Gasteiger partial charge in [-0.05, 0) is 68.4 Å². The van der Waals surface area contributed by atoms with E-state index in [-0.39, 0.29) is 5.63 Å². The van der Waals surface area contributed by atoms with Gasteiger partial charge in [-0.3, -0.25) is 0 Å². The third-order valence-corrected chi connectivity index (χ3v) is 6.21. The highest BCUT2D eigenvalue weighted by Crippen LogP contribution is 2.42. The fourth-order valence-electron chi connectivity index (χ4n) is 4.48. The number of benzene rings is 2. The van der Waals surface area contributed by atoms with Crippen molar-refractivity contribution in [3.63, 3.8) is 0 Å². The van der Waals surface area contributed by atoms with Crippen LogP contribution in [-0.2, 0) is 19.4 Å². The van der Waals surface area contributed by atoms with E-state index in [0.717, 1.165) is 53.4 Å². The highest BCUT2D eigenvalue weighted by Gasteiger charge is 2.28. The fourth-order valence-corrected chi connectivity index (χ4v) is 4.76. The van der Waals surface area contributed by atoms with E-state index in [0.29, 0.717) is 29.6 Å². The van der Waals surface area contributed by atoms with Crippen LogP contribution in [0, 0.1) is 13.8 Å². The average molecular weight is 396 g/mol. The van der Waals surface area contributed by atoms with Gasteiger partial charge in [0, 0.05) is 16.6 Å². The molecule has 144 valence electrons. The summed E-state index contributed by atoms with van der Waals surface area (Å²) in [5, 5.41) is 1.55. The number of hydrogen-bond acceptors (Lipinski definition) is 4. The summed E-state index contributed by atoms with van der Waals surface area (Å²) in [5.74, 6) is 0.634. The molecule has 2 heterocycles. The molecule has 1 aliphatic carbocycles. The number of ether oxygens (including phenoxy) is 1. The third-order valence-electron chi connectivity index (χ3n) is 5.93. The molecule has 0 atom stereocenters. The molecular formula is C23H22ClNO3. The maximum atomic E-state index is 12.6. The van der Waals surface area contributed by atoms with E-state index in [4.69, 9.17) is 20.8 Å². The molecule has 2 aliphatic rings. The third kappa shape index (κ3) is 2.70. The monoisotopic (exact) mass is 395 g/mol. The lowest BCUT2D eigenvalue weighted by atomic mass is 9.89. The second-order valence-electron chi connectivity index (χ2n) is 7.86. The lowest BCUT2D eigenvalue weighted by Gasteiger charge is -2.33. The second-order valence-corrected chi connectivity index (χ2v) is 8.27. The topological polar surface area (TPSA) is 42.7 Å². The minimum Gasteiger partial charge on any atom is -0.471 e. The molecule has 28 heavy (non-hydrogen) atoms. The normalized spacial score (nSPS) is 15.9. The first-order valence-electron chi connectivity index (χ1n) is 9.78. The van der Waals surface area contributed by atoms with Crippen molar-refractivity contribution in [2.45, 2.75) is 46.1 Å². The van der Waals surface area contributed by atoms with Gasteiger partial charge in [0.1, 0.15) is 11.3 Å². The van der Waals surface area contributed by atoms with Gasteiger partial charge in [-0.1, -0.05) is 23.7 Å². The number of fused-ring (bicyclic) bond motifs is 5. The van der Waals surface area contributed by atoms with Gasteiger partial charge in [-0.2, -0.15) is 0 Å². The summed E-state index contributed by atoms with van der Waals surface area (Å²) in [7, 11) is 0. The number of halogens is 1. The van der Waals surface area contributed by atoms with Gasteiger partial charge in [0.25, 0.3) is 0 Å². The van der Waals surface area contributed by atoms with Crippen LogP contribution in [0.4, 0.5) is 5.69 Å². The smallest absolute Gasteiger partial charge is 0.339 e. The van der Waals surface area contributed by atoms with Crippen molar-refractivity contribution in [1.82, 2.24) is 0 Å². The van der Waals surface area contributed by atoms with Crippen molar-refractivity contribution in [2.75, 3.05) is 11.6 Å². The van der Waals surface area contributed by atoms with E-state index in [9.17, 15) is 4.79 Å². The van der Waals surface area contributed by atoms with E-state index < -0.39 is 0 Å². The van der Waals surface area contributed by atoms with E-state index in [1.54, 1.807) is 0 Å². The van der Waals surface area contributed by atoms with Crippen LogP contribution in [0.1, 0.15) is 40.7 Å². The molecule has 0 saturated carbocycles. The first kappa shape index (κ1) is 17.6. The van der Waals surface area contributed by atoms with Crippen LogP contribution in [0.2, 0.25) is 5.02 Å². The molecule has 2 aromatic carbocycles. The maximum absolute atomic E-state index is 12.6. The molecule has 0 N–H and O–H groups in total. The Morgan fingerprint density at radius 1 is 1.04 bits per heavy atom. The molecule has 0 unspecified atom stereocenters. The first-order valence-corrected chi connectivity index (χ1v) is 10.2. The van der Waals surface area contributed by atoms with Crippen LogP contribution in [-0.4, -0.2) is 6.73 Å². The van der Waals surface area contributed by atoms with E-state index in [2.05, 4.69) is 36.9 Å². The van der Waals surface area contributed by atoms with Gasteiger partial charge >= 0.3 is 5.63 Å². The fraction of sp³-hybridized carbons (Fsp3) is 0.348. The largest absolute Gasteiger partial charge is 0.471 e. The number of nitrogens with zero attached hydrogens (tertiary/aromatic N) is 1. The Balaban J connectivity index is 1.70. The summed E-state index contributed by atoms with van der Waals surface area (Å²) >= 11 is 6.59. The Morgan fingerprint density at radius 2 is 1.82 bits per heavy atom. The molecule has 3 aromatic rings. The van der Waals surface area contributed by atoms with E-state index >= 15 is 0 Å². The van der Waals surface area contributed by atoms with Crippen LogP contribution in [0.15, 0.2) is 33.5 Å². The summed E-state index contributed by atoms with van der Waals surface area (Å²) in [6, 6.07) is 8.30. The molecule has 4 nitrogen and oxygen atoms in total. The Bertz CT molecular complexity index is 1160. The van der Waals surface area contributed by atoms with Crippen LogP contribution >= 0.6 is 11.6 Å². The van der Waals surface area contributed by atoms with Crippen molar-refractivity contribution < 1.29 is 9.15 Å². The average Bonchev–Trinajstić information content (AvgIpc) is 2.71. The van der Waals surface area contributed by atoms with Crippen LogP contribution in [0.3, 0.4) is 0 Å². The minimum absolute atomic E-state index is 0.212. The van der Waals surface area contributed by atoms with E-state index in [1.807, 2.05) is 6.07 Å². The zero-order valence-electron chi connectivity index (χ0n) is 16.1. The number of anilines is 1. The lowest BCUT2D eigenvalue weighted by molar-refractivity contribution is 0.289. The van der Waals surface area contributed by atoms with Crippen LogP contribution in [0.5, 0.6) is 5.75 Å². The number of hydrogen-bond donors (Lipinski definition) is 0. The summed E-state index contributed by atoms with van der Waals surface area (Å²) in [6.45, 7) is 5.19.